The molecule has 3 aromatic rings. The highest BCUT2D eigenvalue weighted by molar-refractivity contribution is 5.94. The second-order valence-electron chi connectivity index (χ2n) is 6.50. The van der Waals surface area contributed by atoms with E-state index < -0.39 is 17.9 Å². The number of aliphatic carboxylic acids is 1. The fourth-order valence-electron chi connectivity index (χ4n) is 3.14. The second-order valence-corrected chi connectivity index (χ2v) is 6.50. The van der Waals surface area contributed by atoms with E-state index in [1.165, 1.54) is 14.2 Å². The molecule has 2 aromatic carbocycles. The van der Waals surface area contributed by atoms with Crippen LogP contribution in [-0.2, 0) is 4.79 Å². The Morgan fingerprint density at radius 3 is 2.47 bits per heavy atom. The zero-order chi connectivity index (χ0) is 21.7. The number of nitrogens with zero attached hydrogens (tertiary/aromatic N) is 1. The molecular formula is C22H22N2O6. The lowest BCUT2D eigenvalue weighted by molar-refractivity contribution is -0.137. The highest BCUT2D eigenvalue weighted by atomic mass is 16.5. The predicted octanol–water partition coefficient (Wildman–Crippen LogP) is 3.61. The largest absolute Gasteiger partial charge is 0.493 e. The van der Waals surface area contributed by atoms with Gasteiger partial charge >= 0.3 is 5.97 Å². The first kappa shape index (κ1) is 20.9. The number of oxazole rings is 1. The summed E-state index contributed by atoms with van der Waals surface area (Å²) in [6, 6.07) is 13.4. The molecule has 8 heteroatoms. The number of para-hydroxylation sites is 1. The third kappa shape index (κ3) is 4.43. The standard InChI is InChI=1S/C22H22N2O6/c1-13-19(24-22(30-13)14-8-5-4-6-9-14)21(27)23-16(12-18(25)26)15-10-7-11-17(28-2)20(15)29-3/h4-11,16H,12H2,1-3H3,(H,23,27)(H,25,26)/t16-/m0/s1. The molecule has 2 N–H and O–H groups in total. The van der Waals surface area contributed by atoms with Crippen molar-refractivity contribution < 1.29 is 28.6 Å². The summed E-state index contributed by atoms with van der Waals surface area (Å²) in [5, 5.41) is 12.1. The van der Waals surface area contributed by atoms with E-state index in [0.29, 0.717) is 28.7 Å². The molecule has 0 fully saturated rings. The van der Waals surface area contributed by atoms with Crippen LogP contribution in [0.5, 0.6) is 11.5 Å². The molecule has 0 bridgehead atoms. The SMILES string of the molecule is COc1cccc([C@H](CC(=O)O)NC(=O)c2nc(-c3ccccc3)oc2C)c1OC. The van der Waals surface area contributed by atoms with Crippen LogP contribution in [-0.4, -0.2) is 36.2 Å². The van der Waals surface area contributed by atoms with Gasteiger partial charge < -0.3 is 24.3 Å². The van der Waals surface area contributed by atoms with Gasteiger partial charge in [0.25, 0.3) is 5.91 Å². The van der Waals surface area contributed by atoms with Crippen LogP contribution in [0.4, 0.5) is 0 Å². The van der Waals surface area contributed by atoms with Crippen molar-refractivity contribution in [3.63, 3.8) is 0 Å². The average molecular weight is 410 g/mol. The average Bonchev–Trinajstić information content (AvgIpc) is 3.14. The molecule has 30 heavy (non-hydrogen) atoms. The molecule has 1 aromatic heterocycles. The summed E-state index contributed by atoms with van der Waals surface area (Å²) in [5.41, 5.74) is 1.30. The Morgan fingerprint density at radius 1 is 1.10 bits per heavy atom. The molecule has 3 rings (SSSR count). The second kappa shape index (κ2) is 9.13. The van der Waals surface area contributed by atoms with Gasteiger partial charge in [-0.25, -0.2) is 4.98 Å². The third-order valence-electron chi connectivity index (χ3n) is 4.53. The molecule has 1 heterocycles. The van der Waals surface area contributed by atoms with Crippen molar-refractivity contribution in [2.45, 2.75) is 19.4 Å². The molecule has 0 spiro atoms. The maximum absolute atomic E-state index is 12.9. The first-order valence-electron chi connectivity index (χ1n) is 9.21. The molecule has 156 valence electrons. The number of aromatic nitrogens is 1. The molecule has 0 radical (unpaired) electrons. The van der Waals surface area contributed by atoms with Crippen molar-refractivity contribution in [2.24, 2.45) is 0 Å². The summed E-state index contributed by atoms with van der Waals surface area (Å²) in [5.74, 6) is -0.191. The number of hydrogen-bond donors (Lipinski definition) is 2. The molecule has 8 nitrogen and oxygen atoms in total. The number of rotatable bonds is 8. The number of amides is 1. The number of nitrogens with one attached hydrogen (secondary N) is 1. The van der Waals surface area contributed by atoms with Crippen LogP contribution in [0.25, 0.3) is 11.5 Å². The highest BCUT2D eigenvalue weighted by Gasteiger charge is 2.26. The number of methoxy groups -OCH3 is 2. The maximum atomic E-state index is 12.9. The molecule has 1 atom stereocenters. The number of benzene rings is 2. The van der Waals surface area contributed by atoms with Gasteiger partial charge in [-0.15, -0.1) is 0 Å². The Balaban J connectivity index is 1.92. The van der Waals surface area contributed by atoms with Crippen molar-refractivity contribution in [3.05, 3.63) is 65.5 Å². The molecule has 0 saturated carbocycles. The van der Waals surface area contributed by atoms with E-state index in [1.807, 2.05) is 30.3 Å². The van der Waals surface area contributed by atoms with Crippen molar-refractivity contribution in [3.8, 4) is 23.0 Å². The van der Waals surface area contributed by atoms with E-state index in [1.54, 1.807) is 25.1 Å². The van der Waals surface area contributed by atoms with Gasteiger partial charge in [0.15, 0.2) is 17.2 Å². The quantitative estimate of drug-likeness (QED) is 0.583. The normalized spacial score (nSPS) is 11.6. The van der Waals surface area contributed by atoms with Crippen LogP contribution in [0.1, 0.15) is 34.3 Å². The minimum Gasteiger partial charge on any atom is -0.493 e. The molecular weight excluding hydrogens is 388 g/mol. The molecule has 0 aliphatic carbocycles. The van der Waals surface area contributed by atoms with Gasteiger partial charge in [0.05, 0.1) is 26.7 Å². The number of carboxylic acid groups (broad SMARTS) is 1. The van der Waals surface area contributed by atoms with Crippen molar-refractivity contribution in [1.29, 1.82) is 0 Å². The van der Waals surface area contributed by atoms with Crippen LogP contribution in [0, 0.1) is 6.92 Å². The fourth-order valence-corrected chi connectivity index (χ4v) is 3.14. The number of carbonyl (C=O) groups excluding carboxylic acids is 1. The van der Waals surface area contributed by atoms with Crippen LogP contribution in [0.15, 0.2) is 52.9 Å². The summed E-state index contributed by atoms with van der Waals surface area (Å²) in [6.45, 7) is 1.63. The van der Waals surface area contributed by atoms with Gasteiger partial charge in [0.2, 0.25) is 5.89 Å². The Hall–Kier alpha value is -3.81. The number of ether oxygens (including phenoxy) is 2. The summed E-state index contributed by atoms with van der Waals surface area (Å²) >= 11 is 0. The third-order valence-corrected chi connectivity index (χ3v) is 4.53. The van der Waals surface area contributed by atoms with E-state index in [2.05, 4.69) is 10.3 Å². The van der Waals surface area contributed by atoms with E-state index >= 15 is 0 Å². The van der Waals surface area contributed by atoms with Crippen molar-refractivity contribution in [1.82, 2.24) is 10.3 Å². The fraction of sp³-hybridized carbons (Fsp3) is 0.227. The molecule has 1 amide bonds. The topological polar surface area (TPSA) is 111 Å². The van der Waals surface area contributed by atoms with Crippen LogP contribution < -0.4 is 14.8 Å². The monoisotopic (exact) mass is 410 g/mol. The van der Waals surface area contributed by atoms with Gasteiger partial charge in [-0.1, -0.05) is 30.3 Å². The van der Waals surface area contributed by atoms with Crippen LogP contribution >= 0.6 is 0 Å². The molecule has 0 saturated heterocycles. The van der Waals surface area contributed by atoms with Crippen LogP contribution in [0.2, 0.25) is 0 Å². The summed E-state index contributed by atoms with van der Waals surface area (Å²) in [4.78, 5) is 28.7. The van der Waals surface area contributed by atoms with E-state index in [4.69, 9.17) is 13.9 Å². The summed E-state index contributed by atoms with van der Waals surface area (Å²) in [6.07, 6.45) is -0.349. The Morgan fingerprint density at radius 2 is 1.83 bits per heavy atom. The van der Waals surface area contributed by atoms with Gasteiger partial charge in [-0.05, 0) is 25.1 Å². The Labute approximate surface area is 173 Å². The Kier molecular flexibility index (Phi) is 6.36. The lowest BCUT2D eigenvalue weighted by atomic mass is 10.0. The minimum atomic E-state index is -1.08. The van der Waals surface area contributed by atoms with Gasteiger partial charge in [-0.2, -0.15) is 0 Å². The van der Waals surface area contributed by atoms with Gasteiger partial charge in [0, 0.05) is 11.1 Å². The molecule has 0 unspecified atom stereocenters. The van der Waals surface area contributed by atoms with E-state index in [9.17, 15) is 14.7 Å². The lowest BCUT2D eigenvalue weighted by Gasteiger charge is -2.21. The zero-order valence-electron chi connectivity index (χ0n) is 16.8. The van der Waals surface area contributed by atoms with Gasteiger partial charge in [-0.3, -0.25) is 9.59 Å². The number of carbonyl (C=O) groups is 2. The number of hydrogen-bond acceptors (Lipinski definition) is 6. The summed E-state index contributed by atoms with van der Waals surface area (Å²) in [7, 11) is 2.94. The smallest absolute Gasteiger partial charge is 0.305 e. The first-order chi connectivity index (χ1) is 14.4. The van der Waals surface area contributed by atoms with Crippen molar-refractivity contribution in [2.75, 3.05) is 14.2 Å². The number of aryl methyl sites for hydroxylation is 1. The number of carboxylic acids is 1. The zero-order valence-corrected chi connectivity index (χ0v) is 16.8. The van der Waals surface area contributed by atoms with E-state index in [0.717, 1.165) is 5.56 Å². The van der Waals surface area contributed by atoms with Gasteiger partial charge in [0.1, 0.15) is 5.76 Å². The lowest BCUT2D eigenvalue weighted by Crippen LogP contribution is -2.31. The maximum Gasteiger partial charge on any atom is 0.305 e. The molecule has 0 aliphatic heterocycles. The van der Waals surface area contributed by atoms with Crippen molar-refractivity contribution >= 4 is 11.9 Å². The first-order valence-corrected chi connectivity index (χ1v) is 9.21. The van der Waals surface area contributed by atoms with E-state index in [-0.39, 0.29) is 12.1 Å². The molecule has 0 aliphatic rings. The van der Waals surface area contributed by atoms with Crippen LogP contribution in [0.3, 0.4) is 0 Å². The highest BCUT2D eigenvalue weighted by Crippen LogP contribution is 2.36. The summed E-state index contributed by atoms with van der Waals surface area (Å²) < 4.78 is 16.3. The Bertz CT molecular complexity index is 1050. The predicted molar refractivity (Wildman–Crippen MR) is 109 cm³/mol. The minimum absolute atomic E-state index is 0.0890.